The first-order valence-corrected chi connectivity index (χ1v) is 3.54. The van der Waals surface area contributed by atoms with Crippen molar-refractivity contribution >= 4 is 11.9 Å². The van der Waals surface area contributed by atoms with Gasteiger partial charge in [0, 0.05) is 11.6 Å². The Bertz CT molecular complexity index is 285. The number of hydrogen-bond acceptors (Lipinski definition) is 6. The van der Waals surface area contributed by atoms with Gasteiger partial charge in [-0.05, 0) is 6.92 Å². The lowest BCUT2D eigenvalue weighted by Crippen LogP contribution is -2.45. The Balaban J connectivity index is 2.94. The number of hydrogen-bond donors (Lipinski definition) is 2. The van der Waals surface area contributed by atoms with Gasteiger partial charge in [0.2, 0.25) is 0 Å². The highest BCUT2D eigenvalue weighted by atomic mass is 16.8. The molecule has 0 aromatic rings. The molecule has 0 spiro atoms. The average molecular weight is 187 g/mol. The Kier molecular flexibility index (Phi) is 2.35. The van der Waals surface area contributed by atoms with Gasteiger partial charge in [0.1, 0.15) is 6.54 Å². The van der Waals surface area contributed by atoms with Crippen molar-refractivity contribution in [2.45, 2.75) is 12.9 Å². The van der Waals surface area contributed by atoms with E-state index in [0.717, 1.165) is 6.08 Å². The number of rotatable bonds is 1. The molecule has 1 aliphatic heterocycles. The zero-order valence-corrected chi connectivity index (χ0v) is 6.94. The minimum Gasteiger partial charge on any atom is -0.394 e. The second-order valence-electron chi connectivity index (χ2n) is 2.55. The summed E-state index contributed by atoms with van der Waals surface area (Å²) in [6, 6.07) is 0. The summed E-state index contributed by atoms with van der Waals surface area (Å²) in [4.78, 5) is 21.9. The van der Waals surface area contributed by atoms with Crippen molar-refractivity contribution < 1.29 is 24.2 Å². The highest BCUT2D eigenvalue weighted by molar-refractivity contribution is 5.97. The van der Waals surface area contributed by atoms with Gasteiger partial charge >= 0.3 is 17.9 Å². The van der Waals surface area contributed by atoms with Crippen LogP contribution in [-0.2, 0) is 19.1 Å². The molecule has 72 valence electrons. The molecular weight excluding hydrogens is 178 g/mol. The van der Waals surface area contributed by atoms with Crippen molar-refractivity contribution in [2.75, 3.05) is 6.54 Å². The minimum atomic E-state index is -2.34. The molecule has 0 saturated carbocycles. The second-order valence-corrected chi connectivity index (χ2v) is 2.55. The summed E-state index contributed by atoms with van der Waals surface area (Å²) in [5.74, 6) is -4.04. The molecule has 0 saturated heterocycles. The molecule has 0 bridgehead atoms. The molecule has 0 aromatic carbocycles. The van der Waals surface area contributed by atoms with Crippen LogP contribution in [0.1, 0.15) is 6.92 Å². The Morgan fingerprint density at radius 2 is 2.15 bits per heavy atom. The average Bonchev–Trinajstić information content (AvgIpc) is 2.11. The Labute approximate surface area is 73.9 Å². The van der Waals surface area contributed by atoms with Gasteiger partial charge < -0.3 is 20.3 Å². The second kappa shape index (κ2) is 3.15. The number of cyclic esters (lactones) is 2. The van der Waals surface area contributed by atoms with Crippen LogP contribution in [0.25, 0.3) is 0 Å². The number of carbonyl (C=O) groups excluding carboxylic acids is 2. The lowest BCUT2D eigenvalue weighted by atomic mass is 10.3. The quantitative estimate of drug-likeness (QED) is 0.492. The fourth-order valence-corrected chi connectivity index (χ4v) is 0.752. The maximum Gasteiger partial charge on any atom is 0.386 e. The number of carbonyl (C=O) groups is 2. The van der Waals surface area contributed by atoms with Crippen molar-refractivity contribution in [1.29, 1.82) is 0 Å². The Morgan fingerprint density at radius 3 is 2.69 bits per heavy atom. The van der Waals surface area contributed by atoms with Gasteiger partial charge in [-0.3, -0.25) is 0 Å². The van der Waals surface area contributed by atoms with E-state index in [1.54, 1.807) is 0 Å². The van der Waals surface area contributed by atoms with E-state index >= 15 is 0 Å². The highest BCUT2D eigenvalue weighted by Crippen LogP contribution is 2.15. The Morgan fingerprint density at radius 1 is 1.54 bits per heavy atom. The van der Waals surface area contributed by atoms with E-state index in [-0.39, 0.29) is 5.57 Å². The summed E-state index contributed by atoms with van der Waals surface area (Å²) >= 11 is 0. The number of ether oxygens (including phenoxy) is 2. The lowest BCUT2D eigenvalue weighted by molar-refractivity contribution is -0.313. The number of esters is 2. The molecule has 1 heterocycles. The predicted octanol–water partition coefficient (Wildman–Crippen LogP) is -1.36. The summed E-state index contributed by atoms with van der Waals surface area (Å²) in [5.41, 5.74) is 5.10. The van der Waals surface area contributed by atoms with Crippen LogP contribution < -0.4 is 5.73 Å². The highest BCUT2D eigenvalue weighted by Gasteiger charge is 2.37. The van der Waals surface area contributed by atoms with Crippen LogP contribution in [-0.4, -0.2) is 29.6 Å². The molecule has 0 aromatic heterocycles. The van der Waals surface area contributed by atoms with Crippen LogP contribution in [0, 0.1) is 0 Å². The van der Waals surface area contributed by atoms with Gasteiger partial charge in [0.25, 0.3) is 0 Å². The van der Waals surface area contributed by atoms with Crippen molar-refractivity contribution in [3.63, 3.8) is 0 Å². The van der Waals surface area contributed by atoms with Crippen molar-refractivity contribution in [1.82, 2.24) is 0 Å². The first kappa shape index (κ1) is 9.69. The number of aliphatic hydroxyl groups is 1. The standard InChI is InChI=1S/C7H9NO5/c1-4-2-5(9)12-7(11,3-8)13-6(4)10/h2,11H,3,8H2,1H3. The molecule has 0 amide bonds. The third kappa shape index (κ3) is 2.04. The fourth-order valence-electron chi connectivity index (χ4n) is 0.752. The summed E-state index contributed by atoms with van der Waals surface area (Å²) in [6.45, 7) is 0.859. The lowest BCUT2D eigenvalue weighted by Gasteiger charge is -2.22. The molecule has 3 N–H and O–H groups in total. The maximum atomic E-state index is 11.0. The smallest absolute Gasteiger partial charge is 0.386 e. The van der Waals surface area contributed by atoms with Crippen LogP contribution in [0.15, 0.2) is 11.6 Å². The van der Waals surface area contributed by atoms with E-state index in [9.17, 15) is 14.7 Å². The van der Waals surface area contributed by atoms with Crippen molar-refractivity contribution in [2.24, 2.45) is 5.73 Å². The topological polar surface area (TPSA) is 98.8 Å². The molecule has 1 unspecified atom stereocenters. The van der Waals surface area contributed by atoms with Gasteiger partial charge in [-0.25, -0.2) is 9.59 Å². The zero-order valence-electron chi connectivity index (χ0n) is 6.94. The number of nitrogens with two attached hydrogens (primary N) is 1. The van der Waals surface area contributed by atoms with Gasteiger partial charge in [-0.15, -0.1) is 0 Å². The molecule has 0 fully saturated rings. The molecular formula is C7H9NO5. The molecule has 0 radical (unpaired) electrons. The van der Waals surface area contributed by atoms with Crippen molar-refractivity contribution in [3.05, 3.63) is 11.6 Å². The molecule has 6 heteroatoms. The van der Waals surface area contributed by atoms with Crippen LogP contribution in [0.2, 0.25) is 0 Å². The summed E-state index contributed by atoms with van der Waals surface area (Å²) in [6.07, 6.45) is 0.927. The molecule has 6 nitrogen and oxygen atoms in total. The normalized spacial score (nSPS) is 28.7. The summed E-state index contributed by atoms with van der Waals surface area (Å²) in [5, 5.41) is 9.27. The molecule has 1 rings (SSSR count). The summed E-state index contributed by atoms with van der Waals surface area (Å²) in [7, 11) is 0. The van der Waals surface area contributed by atoms with E-state index in [0.29, 0.717) is 0 Å². The van der Waals surface area contributed by atoms with Gasteiger partial charge in [-0.1, -0.05) is 0 Å². The third-order valence-electron chi connectivity index (χ3n) is 1.43. The third-order valence-corrected chi connectivity index (χ3v) is 1.43. The van der Waals surface area contributed by atoms with Crippen LogP contribution in [0.3, 0.4) is 0 Å². The zero-order chi connectivity index (χ0) is 10.1. The van der Waals surface area contributed by atoms with Crippen LogP contribution in [0.5, 0.6) is 0 Å². The van der Waals surface area contributed by atoms with E-state index in [2.05, 4.69) is 9.47 Å². The molecule has 13 heavy (non-hydrogen) atoms. The van der Waals surface area contributed by atoms with Gasteiger partial charge in [-0.2, -0.15) is 0 Å². The van der Waals surface area contributed by atoms with Crippen LogP contribution in [0.4, 0.5) is 0 Å². The SMILES string of the molecule is CC1=CC(=O)OC(O)(CN)OC1=O. The van der Waals surface area contributed by atoms with Gasteiger partial charge in [0.15, 0.2) is 0 Å². The van der Waals surface area contributed by atoms with E-state index in [1.807, 2.05) is 0 Å². The van der Waals surface area contributed by atoms with E-state index < -0.39 is 24.5 Å². The maximum absolute atomic E-state index is 11.0. The molecule has 1 atom stereocenters. The monoisotopic (exact) mass is 187 g/mol. The Hall–Kier alpha value is -1.40. The van der Waals surface area contributed by atoms with E-state index in [4.69, 9.17) is 5.73 Å². The minimum absolute atomic E-state index is 0.0503. The molecule has 0 aliphatic carbocycles. The van der Waals surface area contributed by atoms with Crippen LogP contribution >= 0.6 is 0 Å². The van der Waals surface area contributed by atoms with Crippen molar-refractivity contribution in [3.8, 4) is 0 Å². The first-order valence-electron chi connectivity index (χ1n) is 3.54. The fraction of sp³-hybridized carbons (Fsp3) is 0.429. The largest absolute Gasteiger partial charge is 0.394 e. The van der Waals surface area contributed by atoms with E-state index in [1.165, 1.54) is 6.92 Å². The summed E-state index contributed by atoms with van der Waals surface area (Å²) < 4.78 is 8.77. The van der Waals surface area contributed by atoms with Gasteiger partial charge in [0.05, 0.1) is 0 Å². The first-order chi connectivity index (χ1) is 5.97. The molecule has 1 aliphatic rings. The predicted molar refractivity (Wildman–Crippen MR) is 39.9 cm³/mol.